The van der Waals surface area contributed by atoms with Gasteiger partial charge in [-0.25, -0.2) is 0 Å². The molecule has 0 radical (unpaired) electrons. The molecule has 2 N–H and O–H groups in total. The molecule has 0 saturated heterocycles. The Morgan fingerprint density at radius 2 is 2.05 bits per heavy atom. The molecule has 0 aliphatic rings. The highest BCUT2D eigenvalue weighted by Crippen LogP contribution is 2.18. The minimum absolute atomic E-state index is 0.0386. The third kappa shape index (κ3) is 3.73. The number of amides is 1. The van der Waals surface area contributed by atoms with Gasteiger partial charge in [-0.1, -0.05) is 13.8 Å². The third-order valence-electron chi connectivity index (χ3n) is 3.44. The van der Waals surface area contributed by atoms with E-state index in [1.165, 1.54) is 3.57 Å². The number of hydrogen-bond donors (Lipinski definition) is 2. The van der Waals surface area contributed by atoms with Crippen LogP contribution in [0.5, 0.6) is 0 Å². The van der Waals surface area contributed by atoms with Gasteiger partial charge in [-0.2, -0.15) is 0 Å². The lowest BCUT2D eigenvalue weighted by atomic mass is 10.2. The molecule has 4 nitrogen and oxygen atoms in total. The lowest BCUT2D eigenvalue weighted by molar-refractivity contribution is 0.0945. The fourth-order valence-electron chi connectivity index (χ4n) is 2.19. The number of aromatic amines is 1. The summed E-state index contributed by atoms with van der Waals surface area (Å²) in [5.41, 5.74) is 1.63. The first kappa shape index (κ1) is 15.3. The number of halogens is 1. The van der Waals surface area contributed by atoms with E-state index in [0.29, 0.717) is 12.2 Å². The van der Waals surface area contributed by atoms with Crippen molar-refractivity contribution >= 4 is 39.4 Å². The van der Waals surface area contributed by atoms with Crippen molar-refractivity contribution in [3.8, 4) is 0 Å². The van der Waals surface area contributed by atoms with Crippen molar-refractivity contribution in [3.63, 3.8) is 0 Å². The Labute approximate surface area is 133 Å². The molecule has 5 heteroatoms. The normalized spacial score (nSPS) is 11.2. The lowest BCUT2D eigenvalue weighted by Crippen LogP contribution is -2.34. The zero-order valence-corrected chi connectivity index (χ0v) is 14.0. The maximum Gasteiger partial charge on any atom is 0.267 e. The standard InChI is InChI=1S/C15H20IN3O/c1-3-19(4-2)8-7-17-15(20)14-10-11-9-12(16)5-6-13(11)18-14/h5-6,9-10,18H,3-4,7-8H2,1-2H3,(H,17,20)/i16-2. The molecule has 2 aromatic rings. The number of nitrogens with one attached hydrogen (secondary N) is 2. The molecule has 1 aromatic heterocycles. The minimum Gasteiger partial charge on any atom is -0.351 e. The maximum absolute atomic E-state index is 12.1. The van der Waals surface area contributed by atoms with E-state index in [-0.39, 0.29) is 5.91 Å². The fourth-order valence-corrected chi connectivity index (χ4v) is 2.70. The predicted molar refractivity (Wildman–Crippen MR) is 91.1 cm³/mol. The van der Waals surface area contributed by atoms with Crippen molar-refractivity contribution in [1.29, 1.82) is 0 Å². The molecular formula is C15H20IN3O. The molecule has 0 fully saturated rings. The number of fused-ring (bicyclic) bond motifs is 1. The molecule has 0 unspecified atom stereocenters. The first-order valence-electron chi connectivity index (χ1n) is 6.92. The van der Waals surface area contributed by atoms with Crippen molar-refractivity contribution in [2.45, 2.75) is 13.8 Å². The van der Waals surface area contributed by atoms with E-state index < -0.39 is 0 Å². The zero-order chi connectivity index (χ0) is 14.5. The second-order valence-electron chi connectivity index (χ2n) is 4.70. The van der Waals surface area contributed by atoms with Gasteiger partial charge in [0.15, 0.2) is 0 Å². The molecule has 1 heterocycles. The topological polar surface area (TPSA) is 48.1 Å². The summed E-state index contributed by atoms with van der Waals surface area (Å²) in [4.78, 5) is 17.5. The van der Waals surface area contributed by atoms with Gasteiger partial charge < -0.3 is 15.2 Å². The van der Waals surface area contributed by atoms with Gasteiger partial charge in [-0.05, 0) is 59.9 Å². The van der Waals surface area contributed by atoms with Gasteiger partial charge >= 0.3 is 0 Å². The second-order valence-corrected chi connectivity index (χ2v) is 5.94. The summed E-state index contributed by atoms with van der Waals surface area (Å²) >= 11 is 2.27. The molecule has 0 spiro atoms. The highest BCUT2D eigenvalue weighted by atomic mass is 125. The largest absolute Gasteiger partial charge is 0.351 e. The van der Waals surface area contributed by atoms with Crippen LogP contribution in [0.4, 0.5) is 0 Å². The van der Waals surface area contributed by atoms with Gasteiger partial charge in [0, 0.05) is 27.6 Å². The van der Waals surface area contributed by atoms with Crippen LogP contribution in [0.25, 0.3) is 10.9 Å². The Hall–Kier alpha value is -1.08. The highest BCUT2D eigenvalue weighted by molar-refractivity contribution is 14.1. The van der Waals surface area contributed by atoms with Crippen molar-refractivity contribution in [2.24, 2.45) is 0 Å². The van der Waals surface area contributed by atoms with Crippen LogP contribution in [0.15, 0.2) is 24.3 Å². The van der Waals surface area contributed by atoms with Crippen LogP contribution in [0, 0.1) is 3.57 Å². The average molecular weight is 383 g/mol. The summed E-state index contributed by atoms with van der Waals surface area (Å²) in [7, 11) is 0. The Bertz CT molecular complexity index is 590. The quantitative estimate of drug-likeness (QED) is 0.754. The van der Waals surface area contributed by atoms with E-state index in [4.69, 9.17) is 0 Å². The van der Waals surface area contributed by atoms with Crippen LogP contribution in [0.2, 0.25) is 0 Å². The Kier molecular flexibility index (Phi) is 5.42. The van der Waals surface area contributed by atoms with Gasteiger partial charge in [0.2, 0.25) is 0 Å². The molecule has 20 heavy (non-hydrogen) atoms. The van der Waals surface area contributed by atoms with Crippen LogP contribution in [-0.4, -0.2) is 42.0 Å². The smallest absolute Gasteiger partial charge is 0.267 e. The van der Waals surface area contributed by atoms with Crippen molar-refractivity contribution < 1.29 is 4.79 Å². The lowest BCUT2D eigenvalue weighted by Gasteiger charge is -2.17. The first-order chi connectivity index (χ1) is 9.63. The van der Waals surface area contributed by atoms with E-state index in [2.05, 4.69) is 57.7 Å². The van der Waals surface area contributed by atoms with Crippen molar-refractivity contribution in [2.75, 3.05) is 26.2 Å². The summed E-state index contributed by atoms with van der Waals surface area (Å²) < 4.78 is 1.17. The number of carbonyl (C=O) groups excluding carboxylic acids is 1. The van der Waals surface area contributed by atoms with Crippen LogP contribution in [0.1, 0.15) is 24.3 Å². The summed E-state index contributed by atoms with van der Waals surface area (Å²) in [5, 5.41) is 4.03. The van der Waals surface area contributed by atoms with E-state index in [9.17, 15) is 4.79 Å². The molecule has 1 aromatic carbocycles. The van der Waals surface area contributed by atoms with E-state index in [0.717, 1.165) is 30.5 Å². The molecule has 108 valence electrons. The van der Waals surface area contributed by atoms with E-state index >= 15 is 0 Å². The summed E-state index contributed by atoms with van der Waals surface area (Å²) in [6.07, 6.45) is 0. The van der Waals surface area contributed by atoms with Crippen LogP contribution < -0.4 is 5.32 Å². The van der Waals surface area contributed by atoms with Gasteiger partial charge in [-0.15, -0.1) is 0 Å². The molecule has 0 saturated carbocycles. The predicted octanol–water partition coefficient (Wildman–Crippen LogP) is 2.84. The molecule has 1 amide bonds. The number of rotatable bonds is 6. The number of carbonyl (C=O) groups is 1. The van der Waals surface area contributed by atoms with Gasteiger partial charge in [0.05, 0.1) is 0 Å². The van der Waals surface area contributed by atoms with Gasteiger partial charge in [0.25, 0.3) is 5.91 Å². The van der Waals surface area contributed by atoms with Gasteiger partial charge in [0.1, 0.15) is 5.69 Å². The fraction of sp³-hybridized carbons (Fsp3) is 0.400. The Balaban J connectivity index is 1.97. The molecule has 0 bridgehead atoms. The third-order valence-corrected chi connectivity index (χ3v) is 4.11. The maximum atomic E-state index is 12.1. The first-order valence-corrected chi connectivity index (χ1v) is 8.00. The average Bonchev–Trinajstić information content (AvgIpc) is 2.86. The SMILES string of the molecule is CCN(CC)CCNC(=O)c1cc2cc([125I])ccc2[nH]1. The molecule has 0 aliphatic carbocycles. The number of nitrogens with zero attached hydrogens (tertiary/aromatic N) is 1. The molecule has 2 rings (SSSR count). The Morgan fingerprint density at radius 3 is 2.75 bits per heavy atom. The van der Waals surface area contributed by atoms with Crippen LogP contribution in [-0.2, 0) is 0 Å². The Morgan fingerprint density at radius 1 is 1.30 bits per heavy atom. The summed E-state index contributed by atoms with van der Waals surface area (Å²) in [6, 6.07) is 8.01. The van der Waals surface area contributed by atoms with Crippen LogP contribution in [0.3, 0.4) is 0 Å². The van der Waals surface area contributed by atoms with E-state index in [1.54, 1.807) is 0 Å². The van der Waals surface area contributed by atoms with Gasteiger partial charge in [-0.3, -0.25) is 4.79 Å². The number of hydrogen-bond acceptors (Lipinski definition) is 2. The second kappa shape index (κ2) is 7.08. The summed E-state index contributed by atoms with van der Waals surface area (Å²) in [6.45, 7) is 7.84. The number of H-pyrrole nitrogens is 1. The van der Waals surface area contributed by atoms with E-state index in [1.807, 2.05) is 18.2 Å². The van der Waals surface area contributed by atoms with Crippen molar-refractivity contribution in [3.05, 3.63) is 33.5 Å². The monoisotopic (exact) mass is 383 g/mol. The number of benzene rings is 1. The van der Waals surface area contributed by atoms with Crippen molar-refractivity contribution in [1.82, 2.24) is 15.2 Å². The van der Waals surface area contributed by atoms with Crippen LogP contribution >= 0.6 is 22.6 Å². The molecule has 0 aliphatic heterocycles. The zero-order valence-electron chi connectivity index (χ0n) is 11.9. The number of likely N-dealkylation sites (N-methyl/N-ethyl adjacent to an activating group) is 1. The minimum atomic E-state index is -0.0386. The molecule has 0 atom stereocenters. The highest BCUT2D eigenvalue weighted by Gasteiger charge is 2.09. The number of aromatic nitrogens is 1. The summed E-state index contributed by atoms with van der Waals surface area (Å²) in [5.74, 6) is -0.0386. The molecular weight excluding hydrogens is 363 g/mol.